The van der Waals surface area contributed by atoms with E-state index in [1.54, 1.807) is 0 Å². The van der Waals surface area contributed by atoms with E-state index in [0.29, 0.717) is 31.7 Å². The third-order valence-corrected chi connectivity index (χ3v) is 5.57. The van der Waals surface area contributed by atoms with Crippen LogP contribution in [0, 0.1) is 5.92 Å². The Hall–Kier alpha value is -2.56. The summed E-state index contributed by atoms with van der Waals surface area (Å²) < 4.78 is 5.85. The zero-order valence-corrected chi connectivity index (χ0v) is 15.7. The number of carbonyl (C=O) groups excluding carboxylic acids is 2. The number of benzene rings is 1. The number of carbonyl (C=O) groups is 2. The summed E-state index contributed by atoms with van der Waals surface area (Å²) in [6.07, 6.45) is 3.82. The fourth-order valence-corrected chi connectivity index (χ4v) is 3.69. The van der Waals surface area contributed by atoms with Crippen LogP contribution in [0.4, 0.5) is 5.69 Å². The lowest BCUT2D eigenvalue weighted by Gasteiger charge is -2.16. The van der Waals surface area contributed by atoms with Gasteiger partial charge in [-0.3, -0.25) is 9.59 Å². The van der Waals surface area contributed by atoms with Crippen molar-refractivity contribution in [1.82, 2.24) is 5.32 Å². The number of nitrogens with one attached hydrogen (secondary N) is 1. The second kappa shape index (κ2) is 7.59. The zero-order chi connectivity index (χ0) is 18.8. The molecule has 1 aromatic carbocycles. The van der Waals surface area contributed by atoms with Gasteiger partial charge in [0.05, 0.1) is 0 Å². The third-order valence-electron chi connectivity index (χ3n) is 5.57. The second-order valence-electron chi connectivity index (χ2n) is 7.72. The number of aryl methyl sites for hydroxylation is 1. The van der Waals surface area contributed by atoms with Gasteiger partial charge in [-0.05, 0) is 48.6 Å². The molecule has 5 heteroatoms. The normalized spacial score (nSPS) is 21.5. The number of nitrogens with zero attached hydrogens (tertiary/aromatic N) is 1. The summed E-state index contributed by atoms with van der Waals surface area (Å²) in [4.78, 5) is 25.7. The third kappa shape index (κ3) is 4.24. The molecule has 1 aromatic heterocycles. The summed E-state index contributed by atoms with van der Waals surface area (Å²) in [5.74, 6) is 3.46. The lowest BCUT2D eigenvalue weighted by Crippen LogP contribution is -2.24. The molecule has 2 atom stereocenters. The Balaban J connectivity index is 1.22. The molecule has 2 aromatic rings. The van der Waals surface area contributed by atoms with Gasteiger partial charge < -0.3 is 14.6 Å². The Labute approximate surface area is 159 Å². The van der Waals surface area contributed by atoms with Gasteiger partial charge in [-0.15, -0.1) is 0 Å². The minimum absolute atomic E-state index is 0.0199. The monoisotopic (exact) mass is 366 g/mol. The van der Waals surface area contributed by atoms with Crippen molar-refractivity contribution in [2.75, 3.05) is 11.4 Å². The highest BCUT2D eigenvalue weighted by Gasteiger charge is 2.36. The molecule has 2 amide bonds. The number of anilines is 1. The van der Waals surface area contributed by atoms with Crippen molar-refractivity contribution in [3.63, 3.8) is 0 Å². The molecule has 1 N–H and O–H groups in total. The average molecular weight is 366 g/mol. The molecule has 4 rings (SSSR count). The summed E-state index contributed by atoms with van der Waals surface area (Å²) in [6.45, 7) is 3.52. The summed E-state index contributed by atoms with van der Waals surface area (Å²) >= 11 is 0. The first kappa shape index (κ1) is 17.8. The fourth-order valence-electron chi connectivity index (χ4n) is 3.69. The van der Waals surface area contributed by atoms with Crippen LogP contribution in [0.5, 0.6) is 0 Å². The van der Waals surface area contributed by atoms with Gasteiger partial charge in [-0.25, -0.2) is 0 Å². The van der Waals surface area contributed by atoms with Gasteiger partial charge in [-0.2, -0.15) is 0 Å². The number of hydrogen-bond acceptors (Lipinski definition) is 3. The highest BCUT2D eigenvalue weighted by atomic mass is 16.3. The fraction of sp³-hybridized carbons (Fsp3) is 0.455. The predicted octanol–water partition coefficient (Wildman–Crippen LogP) is 3.78. The largest absolute Gasteiger partial charge is 0.466 e. The first-order valence-corrected chi connectivity index (χ1v) is 9.85. The van der Waals surface area contributed by atoms with E-state index in [1.807, 2.05) is 41.3 Å². The van der Waals surface area contributed by atoms with E-state index in [0.717, 1.165) is 41.7 Å². The number of rotatable bonds is 7. The number of amides is 2. The maximum Gasteiger partial charge on any atom is 0.227 e. The van der Waals surface area contributed by atoms with E-state index in [9.17, 15) is 9.59 Å². The quantitative estimate of drug-likeness (QED) is 0.811. The molecule has 0 unspecified atom stereocenters. The van der Waals surface area contributed by atoms with E-state index >= 15 is 0 Å². The van der Waals surface area contributed by atoms with Crippen molar-refractivity contribution in [3.8, 4) is 0 Å². The van der Waals surface area contributed by atoms with E-state index in [2.05, 4.69) is 12.2 Å². The molecule has 0 spiro atoms. The van der Waals surface area contributed by atoms with Gasteiger partial charge in [0, 0.05) is 44.0 Å². The van der Waals surface area contributed by atoms with Crippen LogP contribution in [0.1, 0.15) is 55.6 Å². The Morgan fingerprint density at radius 3 is 2.67 bits per heavy atom. The predicted molar refractivity (Wildman–Crippen MR) is 103 cm³/mol. The molecular weight excluding hydrogens is 340 g/mol. The van der Waals surface area contributed by atoms with Gasteiger partial charge in [0.1, 0.15) is 11.5 Å². The van der Waals surface area contributed by atoms with Crippen molar-refractivity contribution in [1.29, 1.82) is 0 Å². The molecule has 2 fully saturated rings. The van der Waals surface area contributed by atoms with Gasteiger partial charge in [0.2, 0.25) is 11.8 Å². The van der Waals surface area contributed by atoms with Crippen molar-refractivity contribution < 1.29 is 14.0 Å². The molecular formula is C22H26N2O3. The summed E-state index contributed by atoms with van der Waals surface area (Å²) in [7, 11) is 0. The van der Waals surface area contributed by atoms with Gasteiger partial charge >= 0.3 is 0 Å². The van der Waals surface area contributed by atoms with Gasteiger partial charge in [-0.1, -0.05) is 19.1 Å². The maximum absolute atomic E-state index is 12.1. The minimum Gasteiger partial charge on any atom is -0.466 e. The molecule has 1 saturated heterocycles. The van der Waals surface area contributed by atoms with Crippen LogP contribution >= 0.6 is 0 Å². The molecule has 5 nitrogen and oxygen atoms in total. The van der Waals surface area contributed by atoms with Crippen molar-refractivity contribution in [2.24, 2.45) is 5.92 Å². The van der Waals surface area contributed by atoms with Crippen LogP contribution in [0.3, 0.4) is 0 Å². The van der Waals surface area contributed by atoms with Crippen molar-refractivity contribution in [2.45, 2.75) is 51.5 Å². The highest BCUT2D eigenvalue weighted by molar-refractivity contribution is 5.95. The SMILES string of the molecule is C[C@@H]1C[C@@H]1c1ccc(CCC(=O)NCc2ccc(N3CCCC3=O)cc2)o1. The summed E-state index contributed by atoms with van der Waals surface area (Å²) in [6, 6.07) is 11.9. The Morgan fingerprint density at radius 1 is 1.22 bits per heavy atom. The number of hydrogen-bond donors (Lipinski definition) is 1. The lowest BCUT2D eigenvalue weighted by molar-refractivity contribution is -0.121. The summed E-state index contributed by atoms with van der Waals surface area (Å²) in [5, 5.41) is 2.95. The van der Waals surface area contributed by atoms with Crippen LogP contribution in [-0.2, 0) is 22.6 Å². The van der Waals surface area contributed by atoms with Crippen LogP contribution in [0.2, 0.25) is 0 Å². The molecule has 1 aliphatic carbocycles. The van der Waals surface area contributed by atoms with Gasteiger partial charge in [0.15, 0.2) is 0 Å². The lowest BCUT2D eigenvalue weighted by atomic mass is 10.2. The molecule has 27 heavy (non-hydrogen) atoms. The Kier molecular flexibility index (Phi) is 5.01. The standard InChI is InChI=1S/C22H26N2O3/c1-15-13-19(15)20-10-8-18(27-20)9-11-21(25)23-14-16-4-6-17(7-5-16)24-12-2-3-22(24)26/h4-8,10,15,19H,2-3,9,11-14H2,1H3,(H,23,25)/t15-,19+/m1/s1. The summed E-state index contributed by atoms with van der Waals surface area (Å²) in [5.41, 5.74) is 1.97. The molecule has 2 heterocycles. The molecule has 2 aliphatic rings. The van der Waals surface area contributed by atoms with E-state index < -0.39 is 0 Å². The van der Waals surface area contributed by atoms with E-state index in [4.69, 9.17) is 4.42 Å². The smallest absolute Gasteiger partial charge is 0.227 e. The van der Waals surface area contributed by atoms with E-state index in [1.165, 1.54) is 6.42 Å². The van der Waals surface area contributed by atoms with E-state index in [-0.39, 0.29) is 11.8 Å². The second-order valence-corrected chi connectivity index (χ2v) is 7.72. The molecule has 1 saturated carbocycles. The van der Waals surface area contributed by atoms with Crippen LogP contribution < -0.4 is 10.2 Å². The molecule has 142 valence electrons. The Bertz CT molecular complexity index is 824. The van der Waals surface area contributed by atoms with Crippen molar-refractivity contribution >= 4 is 17.5 Å². The maximum atomic E-state index is 12.1. The molecule has 0 bridgehead atoms. The molecule has 1 aliphatic heterocycles. The first-order chi connectivity index (χ1) is 13.1. The van der Waals surface area contributed by atoms with Crippen molar-refractivity contribution in [3.05, 3.63) is 53.5 Å². The van der Waals surface area contributed by atoms with Crippen LogP contribution in [-0.4, -0.2) is 18.4 Å². The van der Waals surface area contributed by atoms with Gasteiger partial charge in [0.25, 0.3) is 0 Å². The van der Waals surface area contributed by atoms with Crippen LogP contribution in [0.15, 0.2) is 40.8 Å². The minimum atomic E-state index is 0.0199. The topological polar surface area (TPSA) is 62.6 Å². The van der Waals surface area contributed by atoms with Crippen LogP contribution in [0.25, 0.3) is 0 Å². The number of furan rings is 1. The zero-order valence-electron chi connectivity index (χ0n) is 15.7. The Morgan fingerprint density at radius 2 is 2.00 bits per heavy atom. The molecule has 0 radical (unpaired) electrons. The average Bonchev–Trinajstić information content (AvgIpc) is 3.06. The highest BCUT2D eigenvalue weighted by Crippen LogP contribution is 2.47. The first-order valence-electron chi connectivity index (χ1n) is 9.85.